The molecule has 0 fully saturated rings. The Kier molecular flexibility index (Phi) is 14.8. The smallest absolute Gasteiger partial charge is 0.484 e. The summed E-state index contributed by atoms with van der Waals surface area (Å²) < 4.78 is 186. The van der Waals surface area contributed by atoms with Crippen LogP contribution in [0.2, 0.25) is 0 Å². The van der Waals surface area contributed by atoms with Crippen molar-refractivity contribution in [1.82, 2.24) is 19.9 Å². The zero-order valence-electron chi connectivity index (χ0n) is 36.6. The summed E-state index contributed by atoms with van der Waals surface area (Å²) in [6.45, 7) is 3.49. The predicted octanol–water partition coefficient (Wildman–Crippen LogP) is 15.8. The van der Waals surface area contributed by atoms with E-state index in [1.165, 1.54) is 48.5 Å². The molecule has 21 heteroatoms. The number of hydrogen-bond donors (Lipinski definition) is 0. The van der Waals surface area contributed by atoms with Gasteiger partial charge in [0.05, 0.1) is 22.3 Å². The molecule has 0 N–H and O–H groups in total. The summed E-state index contributed by atoms with van der Waals surface area (Å²) in [4.78, 5) is 18.2. The van der Waals surface area contributed by atoms with Crippen LogP contribution in [0.3, 0.4) is 0 Å². The van der Waals surface area contributed by atoms with Crippen LogP contribution >= 0.6 is 0 Å². The molecule has 4 heterocycles. The Morgan fingerprint density at radius 1 is 0.375 bits per heavy atom. The minimum atomic E-state index is -4.75. The van der Waals surface area contributed by atoms with Gasteiger partial charge in [-0.05, 0) is 110 Å². The second-order valence-corrected chi connectivity index (χ2v) is 15.8. The molecule has 8 nitrogen and oxygen atoms in total. The molecule has 4 aromatic carbocycles. The first kappa shape index (κ1) is 52.4. The van der Waals surface area contributed by atoms with Crippen molar-refractivity contribution in [2.75, 3.05) is 0 Å². The second-order valence-electron chi connectivity index (χ2n) is 15.8. The first-order valence-corrected chi connectivity index (χ1v) is 20.6. The molecule has 8 aromatic rings. The zero-order chi connectivity index (χ0) is 50.9. The van der Waals surface area contributed by atoms with Gasteiger partial charge in [0.1, 0.15) is 46.5 Å². The maximum absolute atomic E-state index is 13.7. The van der Waals surface area contributed by atoms with Crippen molar-refractivity contribution >= 4 is 0 Å². The fourth-order valence-electron chi connectivity index (χ4n) is 6.77. The third-order valence-corrected chi connectivity index (χ3v) is 10.3. The molecule has 0 radical (unpaired) electrons. The van der Waals surface area contributed by atoms with Crippen LogP contribution in [-0.2, 0) is 51.2 Å². The van der Waals surface area contributed by atoms with Gasteiger partial charge in [-0.2, -0.15) is 52.7 Å². The van der Waals surface area contributed by atoms with Gasteiger partial charge in [0.25, 0.3) is 0 Å². The Labute approximate surface area is 415 Å². The molecule has 0 bridgehead atoms. The van der Waals surface area contributed by atoms with Crippen molar-refractivity contribution in [3.8, 4) is 69.0 Å². The van der Waals surface area contributed by atoms with E-state index in [9.17, 15) is 52.7 Å². The van der Waals surface area contributed by atoms with E-state index < -0.39 is 52.4 Å². The molecule has 0 saturated carbocycles. The Balaban J connectivity index is 0.00000760. The molecule has 0 unspecified atom stereocenters. The molecule has 0 aliphatic heterocycles. The average Bonchev–Trinajstić information content (AvgIpc) is 3.31. The van der Waals surface area contributed by atoms with E-state index in [1.807, 2.05) is 0 Å². The van der Waals surface area contributed by atoms with E-state index in [4.69, 9.17) is 28.9 Å². The number of pyridine rings is 4. The topological polar surface area (TPSA) is 88.5 Å². The second kappa shape index (κ2) is 20.3. The van der Waals surface area contributed by atoms with E-state index in [0.29, 0.717) is 11.4 Å². The molecule has 4 aromatic heterocycles. The van der Waals surface area contributed by atoms with Gasteiger partial charge in [-0.15, -0.1) is 12.1 Å². The van der Waals surface area contributed by atoms with Crippen LogP contribution in [0.1, 0.15) is 47.5 Å². The van der Waals surface area contributed by atoms with Gasteiger partial charge < -0.3 is 28.9 Å². The monoisotopic (exact) mass is 1190 g/mol. The van der Waals surface area contributed by atoms with Crippen molar-refractivity contribution in [3.63, 3.8) is 0 Å². The standard InChI is InChI=1S/C51H30F12N4O4.Pt/c1-47(2,41-19-7-17-39(64-41)37-21-23-43(68-33-13-3-9-29(25-33)48(52,53)54)66-45(37)70-35-15-5-11-31(27-35)50(58,59)60)42-20-8-18-40(65-42)38-22-24-44(69-34-14-4-10-30(26-34)49(55,56)57)67-46(38)71-36-16-6-12-32(28-36)51(61,62)63;/h3-20,23-28H,1-2H3;/q-2;+2. The number of hydrogen-bond acceptors (Lipinski definition) is 8. The summed E-state index contributed by atoms with van der Waals surface area (Å²) in [5.74, 6) is -2.57. The summed E-state index contributed by atoms with van der Waals surface area (Å²) >= 11 is 0. The molecule has 372 valence electrons. The quantitative estimate of drug-likeness (QED) is 0.0883. The minimum Gasteiger partial charge on any atom is -0.484 e. The maximum atomic E-state index is 13.7. The predicted molar refractivity (Wildman–Crippen MR) is 231 cm³/mol. The summed E-state index contributed by atoms with van der Waals surface area (Å²) in [7, 11) is 0. The van der Waals surface area contributed by atoms with Gasteiger partial charge in [-0.25, -0.2) is 0 Å². The van der Waals surface area contributed by atoms with Crippen LogP contribution in [0, 0.1) is 12.1 Å². The average molecular weight is 1190 g/mol. The SMILES string of the molecule is CC(C)(c1cccc(-c2[c-]cc(Oc3cccc(C(F)(F)F)c3)nc2Oc2cccc(C(F)(F)F)c2)n1)c1cccc(-c2[c-]cc(Oc3cccc(C(F)(F)F)c3)nc2Oc2cccc(C(F)(F)F)c2)n1.[Pt+2]. The Hall–Kier alpha value is -7.47. The molecule has 8 rings (SSSR count). The van der Waals surface area contributed by atoms with Crippen LogP contribution in [-0.4, -0.2) is 19.9 Å². The van der Waals surface area contributed by atoms with Gasteiger partial charge in [0, 0.05) is 16.8 Å². The van der Waals surface area contributed by atoms with Crippen LogP contribution in [0.25, 0.3) is 22.5 Å². The van der Waals surface area contributed by atoms with Crippen LogP contribution < -0.4 is 18.9 Å². The van der Waals surface area contributed by atoms with Gasteiger partial charge in [-0.1, -0.05) is 71.8 Å². The van der Waals surface area contributed by atoms with Crippen molar-refractivity contribution < 1.29 is 92.7 Å². The van der Waals surface area contributed by atoms with Crippen molar-refractivity contribution in [1.29, 1.82) is 0 Å². The minimum absolute atomic E-state index is 0. The van der Waals surface area contributed by atoms with E-state index in [1.54, 1.807) is 38.1 Å². The fraction of sp³-hybridized carbons (Fsp3) is 0.137. The fourth-order valence-corrected chi connectivity index (χ4v) is 6.77. The molecule has 0 amide bonds. The molecule has 72 heavy (non-hydrogen) atoms. The van der Waals surface area contributed by atoms with Gasteiger partial charge in [0.15, 0.2) is 0 Å². The Bertz CT molecular complexity index is 3020. The largest absolute Gasteiger partial charge is 2.00 e. The molecule has 0 saturated heterocycles. The third kappa shape index (κ3) is 12.3. The molecular formula is C51H30F12N4O4Pt. The number of alkyl halides is 12. The van der Waals surface area contributed by atoms with Crippen molar-refractivity contribution in [2.45, 2.75) is 44.0 Å². The maximum Gasteiger partial charge on any atom is 2.00 e. The van der Waals surface area contributed by atoms with Crippen LogP contribution in [0.4, 0.5) is 52.7 Å². The third-order valence-electron chi connectivity index (χ3n) is 10.3. The van der Waals surface area contributed by atoms with E-state index in [2.05, 4.69) is 22.1 Å². The number of aromatic nitrogens is 4. The summed E-state index contributed by atoms with van der Waals surface area (Å²) in [5.41, 5.74) is -4.30. The normalized spacial score (nSPS) is 12.2. The summed E-state index contributed by atoms with van der Waals surface area (Å²) in [6, 6.07) is 33.2. The van der Waals surface area contributed by atoms with Gasteiger partial charge in [0.2, 0.25) is 0 Å². The Morgan fingerprint density at radius 2 is 0.667 bits per heavy atom. The van der Waals surface area contributed by atoms with Crippen LogP contribution in [0.15, 0.2) is 146 Å². The molecule has 0 aliphatic carbocycles. The number of nitrogens with zero attached hydrogens (tertiary/aromatic N) is 4. The van der Waals surface area contributed by atoms with Crippen molar-refractivity contribution in [3.05, 3.63) is 191 Å². The van der Waals surface area contributed by atoms with Crippen LogP contribution in [0.5, 0.6) is 46.5 Å². The number of benzene rings is 4. The van der Waals surface area contributed by atoms with E-state index in [-0.39, 0.29) is 90.1 Å². The summed E-state index contributed by atoms with van der Waals surface area (Å²) in [5, 5.41) is 0. The first-order valence-electron chi connectivity index (χ1n) is 20.6. The van der Waals surface area contributed by atoms with E-state index >= 15 is 0 Å². The molecule has 0 spiro atoms. The molecule has 0 atom stereocenters. The Morgan fingerprint density at radius 3 is 0.972 bits per heavy atom. The van der Waals surface area contributed by atoms with Crippen molar-refractivity contribution in [2.24, 2.45) is 0 Å². The molecule has 0 aliphatic rings. The number of halogens is 12. The van der Waals surface area contributed by atoms with E-state index in [0.717, 1.165) is 72.8 Å². The first-order chi connectivity index (χ1) is 33.4. The zero-order valence-corrected chi connectivity index (χ0v) is 38.9. The van der Waals surface area contributed by atoms with Gasteiger partial charge >= 0.3 is 45.8 Å². The summed E-state index contributed by atoms with van der Waals surface area (Å²) in [6.07, 6.45) is -18.9. The number of ether oxygens (including phenoxy) is 4. The molecular weight excluding hydrogens is 1160 g/mol. The number of rotatable bonds is 12. The van der Waals surface area contributed by atoms with Gasteiger partial charge in [-0.3, -0.25) is 9.97 Å².